The first-order chi connectivity index (χ1) is 8.19. The van der Waals surface area contributed by atoms with Gasteiger partial charge in [0.1, 0.15) is 0 Å². The van der Waals surface area contributed by atoms with Crippen molar-refractivity contribution in [2.24, 2.45) is 0 Å². The second kappa shape index (κ2) is 6.68. The van der Waals surface area contributed by atoms with E-state index in [0.717, 1.165) is 0 Å². The summed E-state index contributed by atoms with van der Waals surface area (Å²) in [5.74, 6) is -0.647. The minimum absolute atomic E-state index is 0.0908. The Labute approximate surface area is 100 Å². The van der Waals surface area contributed by atoms with Crippen LogP contribution < -0.4 is 10.1 Å². The van der Waals surface area contributed by atoms with E-state index in [0.29, 0.717) is 13.0 Å². The Kier molecular flexibility index (Phi) is 5.20. The van der Waals surface area contributed by atoms with Crippen LogP contribution in [0.25, 0.3) is 0 Å². The van der Waals surface area contributed by atoms with E-state index in [1.807, 2.05) is 0 Å². The van der Waals surface area contributed by atoms with Crippen LogP contribution in [-0.4, -0.2) is 18.6 Å². The molecule has 0 heterocycles. The van der Waals surface area contributed by atoms with E-state index >= 15 is 0 Å². The van der Waals surface area contributed by atoms with Gasteiger partial charge >= 0.3 is 0 Å². The van der Waals surface area contributed by atoms with Crippen LogP contribution in [0.5, 0.6) is 5.75 Å². The first-order valence-electron chi connectivity index (χ1n) is 5.48. The van der Waals surface area contributed by atoms with Crippen LogP contribution >= 0.6 is 0 Å². The molecule has 1 rings (SSSR count). The Morgan fingerprint density at radius 3 is 2.88 bits per heavy atom. The Morgan fingerprint density at radius 1 is 1.59 bits per heavy atom. The quantitative estimate of drug-likeness (QED) is 0.771. The smallest absolute Gasteiger partial charge is 0.261 e. The molecule has 0 aliphatic heterocycles. The number of amides is 1. The van der Waals surface area contributed by atoms with Crippen LogP contribution in [0.1, 0.15) is 13.3 Å². The zero-order valence-electron chi connectivity index (χ0n) is 9.78. The van der Waals surface area contributed by atoms with Crippen molar-refractivity contribution in [2.75, 3.05) is 6.54 Å². The molecule has 17 heavy (non-hydrogen) atoms. The van der Waals surface area contributed by atoms with Crippen molar-refractivity contribution < 1.29 is 13.9 Å². The van der Waals surface area contributed by atoms with E-state index < -0.39 is 11.9 Å². The maximum atomic E-state index is 13.3. The fourth-order valence-electron chi connectivity index (χ4n) is 1.30. The molecule has 1 N–H and O–H groups in total. The molecule has 1 amide bonds. The predicted molar refractivity (Wildman–Crippen MR) is 64.3 cm³/mol. The highest BCUT2D eigenvalue weighted by Crippen LogP contribution is 2.17. The topological polar surface area (TPSA) is 38.3 Å². The summed E-state index contributed by atoms with van der Waals surface area (Å²) in [4.78, 5) is 11.6. The van der Waals surface area contributed by atoms with Crippen molar-refractivity contribution >= 4 is 5.91 Å². The number of hydrogen-bond acceptors (Lipinski definition) is 2. The Bertz CT molecular complexity index is 393. The van der Waals surface area contributed by atoms with Gasteiger partial charge in [-0.25, -0.2) is 4.39 Å². The number of rotatable bonds is 6. The lowest BCUT2D eigenvalue weighted by molar-refractivity contribution is -0.127. The number of nitrogens with one attached hydrogen (secondary N) is 1. The van der Waals surface area contributed by atoms with E-state index in [1.54, 1.807) is 25.1 Å². The molecule has 0 unspecified atom stereocenters. The first kappa shape index (κ1) is 13.2. The van der Waals surface area contributed by atoms with Crippen molar-refractivity contribution in [1.29, 1.82) is 0 Å². The van der Waals surface area contributed by atoms with Gasteiger partial charge < -0.3 is 10.1 Å². The summed E-state index contributed by atoms with van der Waals surface area (Å²) < 4.78 is 18.7. The molecule has 0 bridgehead atoms. The van der Waals surface area contributed by atoms with Crippen LogP contribution in [0.2, 0.25) is 0 Å². The summed E-state index contributed by atoms with van der Waals surface area (Å²) in [5.41, 5.74) is 0. The standard InChI is InChI=1S/C13H16FNO2/c1-3-9-15-13(16)11(4-2)17-12-8-6-5-7-10(12)14/h3,5-8,11H,1,4,9H2,2H3,(H,15,16)/t11-/m0/s1. The van der Waals surface area contributed by atoms with Gasteiger partial charge in [-0.3, -0.25) is 4.79 Å². The lowest BCUT2D eigenvalue weighted by Crippen LogP contribution is -2.38. The summed E-state index contributed by atoms with van der Waals surface area (Å²) in [6.07, 6.45) is 1.36. The average Bonchev–Trinajstić information content (AvgIpc) is 2.35. The number of carbonyl (C=O) groups is 1. The molecule has 0 aliphatic rings. The second-order valence-corrected chi connectivity index (χ2v) is 3.48. The molecule has 1 atom stereocenters. The van der Waals surface area contributed by atoms with Gasteiger partial charge in [0.2, 0.25) is 0 Å². The molecule has 0 radical (unpaired) electrons. The lowest BCUT2D eigenvalue weighted by atomic mass is 10.2. The third kappa shape index (κ3) is 3.90. The lowest BCUT2D eigenvalue weighted by Gasteiger charge is -2.17. The van der Waals surface area contributed by atoms with Gasteiger partial charge in [-0.2, -0.15) is 0 Å². The fraction of sp³-hybridized carbons (Fsp3) is 0.308. The zero-order chi connectivity index (χ0) is 12.7. The van der Waals surface area contributed by atoms with E-state index in [-0.39, 0.29) is 11.7 Å². The maximum Gasteiger partial charge on any atom is 0.261 e. The van der Waals surface area contributed by atoms with Gasteiger partial charge in [0.15, 0.2) is 17.7 Å². The predicted octanol–water partition coefficient (Wildman–Crippen LogP) is 2.29. The Balaban J connectivity index is 2.66. The molecule has 0 aliphatic carbocycles. The van der Waals surface area contributed by atoms with Gasteiger partial charge in [0.05, 0.1) is 0 Å². The van der Waals surface area contributed by atoms with Crippen LogP contribution in [0, 0.1) is 5.82 Å². The normalized spacial score (nSPS) is 11.6. The average molecular weight is 237 g/mol. The van der Waals surface area contributed by atoms with Crippen LogP contribution in [0.15, 0.2) is 36.9 Å². The van der Waals surface area contributed by atoms with Crippen LogP contribution in [0.4, 0.5) is 4.39 Å². The number of para-hydroxylation sites is 1. The largest absolute Gasteiger partial charge is 0.478 e. The van der Waals surface area contributed by atoms with Crippen molar-refractivity contribution in [2.45, 2.75) is 19.4 Å². The third-order valence-electron chi connectivity index (χ3n) is 2.19. The fourth-order valence-corrected chi connectivity index (χ4v) is 1.30. The number of hydrogen-bond donors (Lipinski definition) is 1. The summed E-state index contributed by atoms with van der Waals surface area (Å²) in [6.45, 7) is 5.68. The van der Waals surface area contributed by atoms with E-state index in [1.165, 1.54) is 12.1 Å². The Hall–Kier alpha value is -1.84. The van der Waals surface area contributed by atoms with Crippen molar-refractivity contribution in [1.82, 2.24) is 5.32 Å². The number of halogens is 1. The highest BCUT2D eigenvalue weighted by Gasteiger charge is 2.18. The monoisotopic (exact) mass is 237 g/mol. The van der Waals surface area contributed by atoms with Gasteiger partial charge in [-0.05, 0) is 18.6 Å². The highest BCUT2D eigenvalue weighted by atomic mass is 19.1. The molecule has 1 aromatic rings. The molecular weight excluding hydrogens is 221 g/mol. The van der Waals surface area contributed by atoms with Gasteiger partial charge in [-0.15, -0.1) is 6.58 Å². The molecule has 0 saturated carbocycles. The number of benzene rings is 1. The van der Waals surface area contributed by atoms with Crippen molar-refractivity contribution in [3.05, 3.63) is 42.7 Å². The molecule has 1 aromatic carbocycles. The first-order valence-corrected chi connectivity index (χ1v) is 5.48. The Morgan fingerprint density at radius 2 is 2.29 bits per heavy atom. The van der Waals surface area contributed by atoms with Crippen molar-refractivity contribution in [3.8, 4) is 5.75 Å². The summed E-state index contributed by atoms with van der Waals surface area (Å²) in [7, 11) is 0. The molecule has 4 heteroatoms. The minimum Gasteiger partial charge on any atom is -0.478 e. The minimum atomic E-state index is -0.688. The van der Waals surface area contributed by atoms with E-state index in [4.69, 9.17) is 4.74 Å². The third-order valence-corrected chi connectivity index (χ3v) is 2.19. The second-order valence-electron chi connectivity index (χ2n) is 3.48. The van der Waals surface area contributed by atoms with Crippen LogP contribution in [-0.2, 0) is 4.79 Å². The molecular formula is C13H16FNO2. The summed E-state index contributed by atoms with van der Waals surface area (Å²) in [6, 6.07) is 6.02. The molecule has 0 fully saturated rings. The van der Waals surface area contributed by atoms with E-state index in [2.05, 4.69) is 11.9 Å². The maximum absolute atomic E-state index is 13.3. The SMILES string of the molecule is C=CCNC(=O)[C@H](CC)Oc1ccccc1F. The highest BCUT2D eigenvalue weighted by molar-refractivity contribution is 5.81. The van der Waals surface area contributed by atoms with Gasteiger partial charge in [0, 0.05) is 6.54 Å². The van der Waals surface area contributed by atoms with Gasteiger partial charge in [0.25, 0.3) is 5.91 Å². The van der Waals surface area contributed by atoms with Crippen molar-refractivity contribution in [3.63, 3.8) is 0 Å². The summed E-state index contributed by atoms with van der Waals surface area (Å²) >= 11 is 0. The number of carbonyl (C=O) groups excluding carboxylic acids is 1. The summed E-state index contributed by atoms with van der Waals surface area (Å²) in [5, 5.41) is 2.62. The number of ether oxygens (including phenoxy) is 1. The molecule has 0 aromatic heterocycles. The van der Waals surface area contributed by atoms with E-state index in [9.17, 15) is 9.18 Å². The van der Waals surface area contributed by atoms with Crippen LogP contribution in [0.3, 0.4) is 0 Å². The molecule has 3 nitrogen and oxygen atoms in total. The zero-order valence-corrected chi connectivity index (χ0v) is 9.78. The molecule has 0 saturated heterocycles. The van der Waals surface area contributed by atoms with Gasteiger partial charge in [-0.1, -0.05) is 25.1 Å². The molecule has 92 valence electrons. The molecule has 0 spiro atoms.